The Bertz CT molecular complexity index is 1340. The summed E-state index contributed by atoms with van der Waals surface area (Å²) in [6, 6.07) is 4.82. The number of likely N-dealkylation sites (N-methyl/N-ethyl adjacent to an activating group) is 1. The van der Waals surface area contributed by atoms with Gasteiger partial charge in [-0.25, -0.2) is 9.18 Å². The number of alkyl halides is 6. The molecule has 14 heteroatoms. The van der Waals surface area contributed by atoms with E-state index >= 15 is 0 Å². The van der Waals surface area contributed by atoms with E-state index in [2.05, 4.69) is 0 Å². The molecule has 4 amide bonds. The fourth-order valence-electron chi connectivity index (χ4n) is 5.87. The summed E-state index contributed by atoms with van der Waals surface area (Å²) >= 11 is 0. The van der Waals surface area contributed by atoms with Gasteiger partial charge in [0.2, 0.25) is 11.8 Å². The van der Waals surface area contributed by atoms with Crippen molar-refractivity contribution >= 4 is 23.5 Å². The molecule has 2 atom stereocenters. The molecule has 2 saturated heterocycles. The molecule has 0 spiro atoms. The number of anilines is 1. The smallest absolute Gasteiger partial charge is 0.343 e. The molecule has 0 bridgehead atoms. The molecule has 0 N–H and O–H groups in total. The van der Waals surface area contributed by atoms with Gasteiger partial charge in [-0.05, 0) is 54.7 Å². The highest BCUT2D eigenvalue weighted by atomic mass is 19.4. The van der Waals surface area contributed by atoms with Gasteiger partial charge in [0.15, 0.2) is 0 Å². The third-order valence-electron chi connectivity index (χ3n) is 8.51. The molecule has 7 nitrogen and oxygen atoms in total. The van der Waals surface area contributed by atoms with E-state index in [1.54, 1.807) is 9.80 Å². The summed E-state index contributed by atoms with van der Waals surface area (Å²) in [6.45, 7) is 2.81. The lowest BCUT2D eigenvalue weighted by Gasteiger charge is -2.33. The monoisotopic (exact) mass is 630 g/mol. The van der Waals surface area contributed by atoms with E-state index in [1.165, 1.54) is 43.1 Å². The molecule has 0 aromatic heterocycles. The Kier molecular flexibility index (Phi) is 9.50. The van der Waals surface area contributed by atoms with Crippen molar-refractivity contribution in [2.75, 3.05) is 45.2 Å². The maximum Gasteiger partial charge on any atom is 0.416 e. The minimum absolute atomic E-state index is 0.0134. The number of nitrogens with zero attached hydrogens (tertiary/aromatic N) is 4. The van der Waals surface area contributed by atoms with Crippen LogP contribution in [0.4, 0.5) is 41.2 Å². The van der Waals surface area contributed by atoms with Crippen LogP contribution in [-0.4, -0.2) is 78.9 Å². The molecule has 2 aromatic carbocycles. The van der Waals surface area contributed by atoms with Gasteiger partial charge in [-0.15, -0.1) is 0 Å². The number of rotatable bonds is 5. The normalized spacial score (nSPS) is 19.7. The highest BCUT2D eigenvalue weighted by molar-refractivity contribution is 5.92. The molecule has 2 aromatic rings. The van der Waals surface area contributed by atoms with Gasteiger partial charge in [0, 0.05) is 65.2 Å². The zero-order valence-electron chi connectivity index (χ0n) is 24.4. The van der Waals surface area contributed by atoms with Gasteiger partial charge in [-0.3, -0.25) is 14.5 Å². The summed E-state index contributed by atoms with van der Waals surface area (Å²) in [5.74, 6) is -1.16. The fourth-order valence-corrected chi connectivity index (χ4v) is 5.87. The van der Waals surface area contributed by atoms with E-state index in [1.807, 2.05) is 0 Å². The number of halogens is 7. The summed E-state index contributed by atoms with van der Waals surface area (Å²) in [4.78, 5) is 43.8. The summed E-state index contributed by atoms with van der Waals surface area (Å²) in [5, 5.41) is 0. The quantitative estimate of drug-likeness (QED) is 0.381. The molecular formula is C30H33F7N4O3. The molecule has 2 aliphatic rings. The lowest BCUT2D eigenvalue weighted by molar-refractivity contribution is -0.143. The van der Waals surface area contributed by atoms with Crippen LogP contribution in [0.5, 0.6) is 0 Å². The molecule has 0 aliphatic carbocycles. The predicted molar refractivity (Wildman–Crippen MR) is 147 cm³/mol. The van der Waals surface area contributed by atoms with E-state index in [0.29, 0.717) is 48.5 Å². The highest BCUT2D eigenvalue weighted by Gasteiger charge is 2.42. The van der Waals surface area contributed by atoms with Gasteiger partial charge in [0.05, 0.1) is 17.2 Å². The average molecular weight is 631 g/mol. The van der Waals surface area contributed by atoms with Crippen molar-refractivity contribution in [1.29, 1.82) is 0 Å². The number of piperidine rings is 1. The van der Waals surface area contributed by atoms with Crippen LogP contribution in [0.2, 0.25) is 0 Å². The third kappa shape index (κ3) is 7.44. The standard InChI is InChI=1S/C30H33F7N4O3/c1-18(42)40-10-8-19(9-11-40)12-27(43)41-16-25(20-4-6-23(31)7-5-20)26(17-41)39(3)28(44)38(2)24-14-21(29(32,33)34)13-22(15-24)30(35,36)37/h4-7,13-15,19,25-26H,8-12,16-17H2,1-3H3. The van der Waals surface area contributed by atoms with Crippen molar-refractivity contribution in [3.63, 3.8) is 0 Å². The first-order valence-corrected chi connectivity index (χ1v) is 14.0. The van der Waals surface area contributed by atoms with E-state index in [4.69, 9.17) is 0 Å². The first kappa shape index (κ1) is 33.1. The predicted octanol–water partition coefficient (Wildman–Crippen LogP) is 5.99. The Balaban J connectivity index is 1.57. The van der Waals surface area contributed by atoms with E-state index < -0.39 is 53.0 Å². The van der Waals surface area contributed by atoms with E-state index in [9.17, 15) is 45.1 Å². The van der Waals surface area contributed by atoms with Crippen LogP contribution in [0.3, 0.4) is 0 Å². The van der Waals surface area contributed by atoms with E-state index in [-0.39, 0.29) is 43.3 Å². The van der Waals surface area contributed by atoms with Gasteiger partial charge in [-0.2, -0.15) is 26.3 Å². The number of urea groups is 1. The molecule has 2 fully saturated rings. The van der Waals surface area contributed by atoms with Crippen LogP contribution >= 0.6 is 0 Å². The molecule has 2 unspecified atom stereocenters. The second-order valence-electron chi connectivity index (χ2n) is 11.4. The molecule has 0 saturated carbocycles. The Labute approximate surface area is 250 Å². The summed E-state index contributed by atoms with van der Waals surface area (Å²) in [5.41, 5.74) is -3.10. The summed E-state index contributed by atoms with van der Waals surface area (Å²) in [7, 11) is 2.44. The van der Waals surface area contributed by atoms with Gasteiger partial charge in [0.25, 0.3) is 0 Å². The Morgan fingerprint density at radius 1 is 0.841 bits per heavy atom. The Morgan fingerprint density at radius 2 is 1.39 bits per heavy atom. The van der Waals surface area contributed by atoms with Crippen molar-refractivity contribution in [3.05, 3.63) is 65.0 Å². The van der Waals surface area contributed by atoms with Crippen molar-refractivity contribution in [1.82, 2.24) is 14.7 Å². The largest absolute Gasteiger partial charge is 0.416 e. The topological polar surface area (TPSA) is 64.2 Å². The molecule has 240 valence electrons. The van der Waals surface area contributed by atoms with Gasteiger partial charge in [0.1, 0.15) is 5.82 Å². The minimum atomic E-state index is -5.09. The zero-order valence-corrected chi connectivity index (χ0v) is 24.4. The fraction of sp³-hybridized carbons (Fsp3) is 0.500. The van der Waals surface area contributed by atoms with Crippen molar-refractivity contribution in [2.24, 2.45) is 5.92 Å². The average Bonchev–Trinajstić information content (AvgIpc) is 3.41. The number of likely N-dealkylation sites (tertiary alicyclic amines) is 2. The third-order valence-corrected chi connectivity index (χ3v) is 8.51. The second kappa shape index (κ2) is 12.6. The zero-order chi connectivity index (χ0) is 32.6. The summed E-state index contributed by atoms with van der Waals surface area (Å²) in [6.07, 6.45) is -8.65. The Hall–Kier alpha value is -3.84. The number of hydrogen-bond acceptors (Lipinski definition) is 3. The van der Waals surface area contributed by atoms with Gasteiger partial charge < -0.3 is 14.7 Å². The number of amides is 4. The van der Waals surface area contributed by atoms with Crippen LogP contribution in [-0.2, 0) is 21.9 Å². The van der Waals surface area contributed by atoms with Crippen molar-refractivity contribution in [2.45, 2.75) is 50.5 Å². The van der Waals surface area contributed by atoms with Crippen LogP contribution in [0.15, 0.2) is 42.5 Å². The van der Waals surface area contributed by atoms with E-state index in [0.717, 1.165) is 7.05 Å². The van der Waals surface area contributed by atoms with Crippen LogP contribution in [0.1, 0.15) is 48.8 Å². The lowest BCUT2D eigenvalue weighted by Crippen LogP contribution is -2.47. The van der Waals surface area contributed by atoms with Crippen LogP contribution in [0, 0.1) is 11.7 Å². The first-order chi connectivity index (χ1) is 20.5. The molecule has 44 heavy (non-hydrogen) atoms. The molecule has 0 radical (unpaired) electrons. The molecular weight excluding hydrogens is 597 g/mol. The maximum absolute atomic E-state index is 13.7. The highest BCUT2D eigenvalue weighted by Crippen LogP contribution is 2.39. The minimum Gasteiger partial charge on any atom is -0.343 e. The van der Waals surface area contributed by atoms with Crippen LogP contribution < -0.4 is 4.90 Å². The maximum atomic E-state index is 13.7. The molecule has 2 heterocycles. The van der Waals surface area contributed by atoms with Crippen molar-refractivity contribution < 1.29 is 45.1 Å². The second-order valence-corrected chi connectivity index (χ2v) is 11.4. The van der Waals surface area contributed by atoms with Crippen molar-refractivity contribution in [3.8, 4) is 0 Å². The van der Waals surface area contributed by atoms with Gasteiger partial charge in [-0.1, -0.05) is 12.1 Å². The van der Waals surface area contributed by atoms with Crippen LogP contribution in [0.25, 0.3) is 0 Å². The Morgan fingerprint density at radius 3 is 1.89 bits per heavy atom. The van der Waals surface area contributed by atoms with Gasteiger partial charge >= 0.3 is 18.4 Å². The molecule has 4 rings (SSSR count). The number of hydrogen-bond donors (Lipinski definition) is 0. The number of benzene rings is 2. The number of carbonyl (C=O) groups is 3. The number of carbonyl (C=O) groups excluding carboxylic acids is 3. The SMILES string of the molecule is CC(=O)N1CCC(CC(=O)N2CC(c3ccc(F)cc3)C(N(C)C(=O)N(C)c3cc(C(F)(F)F)cc(C(F)(F)F)c3)C2)CC1. The first-order valence-electron chi connectivity index (χ1n) is 14.0. The molecule has 2 aliphatic heterocycles. The summed E-state index contributed by atoms with van der Waals surface area (Å²) < 4.78 is 94.4. The lowest BCUT2D eigenvalue weighted by atomic mass is 9.93.